The molecule has 86 valence electrons. The maximum absolute atomic E-state index is 5.74. The SMILES string of the molecule is Nc1nc(N)nc(C2Cc3ccccc3O2)n1. The Hall–Kier alpha value is -2.37. The maximum Gasteiger partial charge on any atom is 0.225 e. The molecule has 0 aliphatic carbocycles. The summed E-state index contributed by atoms with van der Waals surface area (Å²) < 4.78 is 5.74. The van der Waals surface area contributed by atoms with Crippen molar-refractivity contribution in [3.63, 3.8) is 0 Å². The molecule has 1 aliphatic rings. The van der Waals surface area contributed by atoms with E-state index < -0.39 is 0 Å². The second-order valence-corrected chi connectivity index (χ2v) is 3.83. The summed E-state index contributed by atoms with van der Waals surface area (Å²) >= 11 is 0. The van der Waals surface area contributed by atoms with E-state index in [-0.39, 0.29) is 18.0 Å². The van der Waals surface area contributed by atoms with Crippen molar-refractivity contribution in [2.45, 2.75) is 12.5 Å². The number of para-hydroxylation sites is 1. The molecular weight excluding hydrogens is 218 g/mol. The van der Waals surface area contributed by atoms with E-state index in [0.717, 1.165) is 17.7 Å². The molecule has 0 saturated heterocycles. The first-order chi connectivity index (χ1) is 8.22. The summed E-state index contributed by atoms with van der Waals surface area (Å²) in [6, 6.07) is 7.84. The Morgan fingerprint density at radius 1 is 1.06 bits per heavy atom. The Bertz CT molecular complexity index is 526. The quantitative estimate of drug-likeness (QED) is 0.747. The van der Waals surface area contributed by atoms with Crippen LogP contribution in [0, 0.1) is 0 Å². The Balaban J connectivity index is 1.93. The number of nitrogens with two attached hydrogens (primary N) is 2. The number of anilines is 2. The molecule has 0 fully saturated rings. The Morgan fingerprint density at radius 3 is 2.47 bits per heavy atom. The van der Waals surface area contributed by atoms with Gasteiger partial charge < -0.3 is 16.2 Å². The monoisotopic (exact) mass is 229 g/mol. The summed E-state index contributed by atoms with van der Waals surface area (Å²) in [6.07, 6.45) is 0.485. The number of nitrogens with zero attached hydrogens (tertiary/aromatic N) is 3. The maximum atomic E-state index is 5.74. The fraction of sp³-hybridized carbons (Fsp3) is 0.182. The predicted molar refractivity (Wildman–Crippen MR) is 62.2 cm³/mol. The molecular formula is C11H11N5O. The fourth-order valence-electron chi connectivity index (χ4n) is 1.90. The lowest BCUT2D eigenvalue weighted by Gasteiger charge is -2.09. The van der Waals surface area contributed by atoms with Crippen molar-refractivity contribution in [3.05, 3.63) is 35.7 Å². The minimum Gasteiger partial charge on any atom is -0.482 e. The fourth-order valence-corrected chi connectivity index (χ4v) is 1.90. The Labute approximate surface area is 97.7 Å². The van der Waals surface area contributed by atoms with Gasteiger partial charge >= 0.3 is 0 Å². The standard InChI is InChI=1S/C11H11N5O/c12-10-14-9(15-11(13)16-10)8-5-6-3-1-2-4-7(6)17-8/h1-4,8H,5H2,(H4,12,13,14,15,16). The lowest BCUT2D eigenvalue weighted by atomic mass is 10.1. The number of fused-ring (bicyclic) bond motifs is 1. The van der Waals surface area contributed by atoms with Crippen molar-refractivity contribution in [1.29, 1.82) is 0 Å². The van der Waals surface area contributed by atoms with E-state index in [0.29, 0.717) is 5.82 Å². The topological polar surface area (TPSA) is 99.9 Å². The number of hydrogen-bond donors (Lipinski definition) is 2. The van der Waals surface area contributed by atoms with Crippen LogP contribution in [0.4, 0.5) is 11.9 Å². The van der Waals surface area contributed by atoms with E-state index in [2.05, 4.69) is 15.0 Å². The summed E-state index contributed by atoms with van der Waals surface area (Å²) in [4.78, 5) is 11.8. The molecule has 6 nitrogen and oxygen atoms in total. The van der Waals surface area contributed by atoms with Gasteiger partial charge in [-0.05, 0) is 11.6 Å². The molecule has 3 rings (SSSR count). The van der Waals surface area contributed by atoms with Gasteiger partial charge in [0.1, 0.15) is 5.75 Å². The molecule has 1 aromatic carbocycles. The van der Waals surface area contributed by atoms with Crippen LogP contribution in [0.2, 0.25) is 0 Å². The molecule has 2 heterocycles. The van der Waals surface area contributed by atoms with E-state index in [4.69, 9.17) is 16.2 Å². The summed E-state index contributed by atoms with van der Waals surface area (Å²) in [7, 11) is 0. The van der Waals surface area contributed by atoms with Crippen LogP contribution in [0.5, 0.6) is 5.75 Å². The molecule has 1 aliphatic heterocycles. The number of hydrogen-bond acceptors (Lipinski definition) is 6. The molecule has 0 spiro atoms. The van der Waals surface area contributed by atoms with E-state index >= 15 is 0 Å². The van der Waals surface area contributed by atoms with E-state index in [1.807, 2.05) is 24.3 Å². The average Bonchev–Trinajstić information content (AvgIpc) is 2.71. The average molecular weight is 229 g/mol. The van der Waals surface area contributed by atoms with Crippen LogP contribution in [-0.2, 0) is 6.42 Å². The van der Waals surface area contributed by atoms with Crippen LogP contribution in [0.3, 0.4) is 0 Å². The van der Waals surface area contributed by atoms with Crippen molar-refractivity contribution in [3.8, 4) is 5.75 Å². The van der Waals surface area contributed by atoms with E-state index in [1.54, 1.807) is 0 Å². The normalized spacial score (nSPS) is 17.5. The molecule has 0 amide bonds. The number of benzene rings is 1. The minimum absolute atomic E-state index is 0.118. The second-order valence-electron chi connectivity index (χ2n) is 3.83. The molecule has 2 aromatic rings. The van der Waals surface area contributed by atoms with Gasteiger partial charge in [-0.1, -0.05) is 18.2 Å². The van der Waals surface area contributed by atoms with E-state index in [1.165, 1.54) is 0 Å². The van der Waals surface area contributed by atoms with Gasteiger partial charge in [0.15, 0.2) is 11.9 Å². The Kier molecular flexibility index (Phi) is 2.07. The zero-order valence-electron chi connectivity index (χ0n) is 9.00. The third-order valence-corrected chi connectivity index (χ3v) is 2.62. The van der Waals surface area contributed by atoms with Gasteiger partial charge in [0.05, 0.1) is 0 Å². The number of ether oxygens (including phenoxy) is 1. The lowest BCUT2D eigenvalue weighted by molar-refractivity contribution is 0.227. The largest absolute Gasteiger partial charge is 0.482 e. The van der Waals surface area contributed by atoms with Gasteiger partial charge in [-0.15, -0.1) is 0 Å². The highest BCUT2D eigenvalue weighted by Gasteiger charge is 2.26. The van der Waals surface area contributed by atoms with Crippen molar-refractivity contribution in [1.82, 2.24) is 15.0 Å². The molecule has 17 heavy (non-hydrogen) atoms. The highest BCUT2D eigenvalue weighted by molar-refractivity contribution is 5.38. The molecule has 6 heteroatoms. The summed E-state index contributed by atoms with van der Waals surface area (Å²) in [5.41, 5.74) is 12.2. The molecule has 1 atom stereocenters. The molecule has 1 aromatic heterocycles. The van der Waals surface area contributed by atoms with Gasteiger partial charge in [0.2, 0.25) is 11.9 Å². The van der Waals surface area contributed by atoms with Gasteiger partial charge in [-0.25, -0.2) is 0 Å². The Morgan fingerprint density at radius 2 is 1.76 bits per heavy atom. The highest BCUT2D eigenvalue weighted by Crippen LogP contribution is 2.35. The van der Waals surface area contributed by atoms with Crippen molar-refractivity contribution >= 4 is 11.9 Å². The summed E-state index contributed by atoms with van der Waals surface area (Å²) in [6.45, 7) is 0. The van der Waals surface area contributed by atoms with Crippen molar-refractivity contribution < 1.29 is 4.74 Å². The van der Waals surface area contributed by atoms with Crippen molar-refractivity contribution in [2.24, 2.45) is 0 Å². The molecule has 0 bridgehead atoms. The molecule has 4 N–H and O–H groups in total. The van der Waals surface area contributed by atoms with E-state index in [9.17, 15) is 0 Å². The van der Waals surface area contributed by atoms with Crippen LogP contribution in [-0.4, -0.2) is 15.0 Å². The summed E-state index contributed by atoms with van der Waals surface area (Å²) in [5, 5.41) is 0. The van der Waals surface area contributed by atoms with Gasteiger partial charge in [-0.3, -0.25) is 0 Å². The lowest BCUT2D eigenvalue weighted by Crippen LogP contribution is -2.13. The first-order valence-corrected chi connectivity index (χ1v) is 5.24. The number of nitrogen functional groups attached to an aromatic ring is 2. The smallest absolute Gasteiger partial charge is 0.225 e. The third-order valence-electron chi connectivity index (χ3n) is 2.62. The van der Waals surface area contributed by atoms with Gasteiger partial charge in [0.25, 0.3) is 0 Å². The van der Waals surface area contributed by atoms with Gasteiger partial charge in [-0.2, -0.15) is 15.0 Å². The summed E-state index contributed by atoms with van der Waals surface area (Å²) in [5.74, 6) is 1.57. The van der Waals surface area contributed by atoms with Crippen LogP contribution >= 0.6 is 0 Å². The number of rotatable bonds is 1. The van der Waals surface area contributed by atoms with Crippen LogP contribution in [0.1, 0.15) is 17.5 Å². The highest BCUT2D eigenvalue weighted by atomic mass is 16.5. The zero-order valence-corrected chi connectivity index (χ0v) is 9.00. The molecule has 0 saturated carbocycles. The van der Waals surface area contributed by atoms with Crippen LogP contribution in [0.15, 0.2) is 24.3 Å². The molecule has 1 unspecified atom stereocenters. The molecule has 0 radical (unpaired) electrons. The number of aromatic nitrogens is 3. The third kappa shape index (κ3) is 1.73. The second kappa shape index (κ2) is 3.58. The zero-order chi connectivity index (χ0) is 11.8. The van der Waals surface area contributed by atoms with Gasteiger partial charge in [0, 0.05) is 6.42 Å². The van der Waals surface area contributed by atoms with Crippen LogP contribution in [0.25, 0.3) is 0 Å². The predicted octanol–water partition coefficient (Wildman–Crippen LogP) is 0.712. The first-order valence-electron chi connectivity index (χ1n) is 5.24. The first kappa shape index (κ1) is 9.83. The van der Waals surface area contributed by atoms with Crippen LogP contribution < -0.4 is 16.2 Å². The van der Waals surface area contributed by atoms with Crippen molar-refractivity contribution in [2.75, 3.05) is 11.5 Å². The minimum atomic E-state index is -0.236.